The van der Waals surface area contributed by atoms with Gasteiger partial charge in [-0.2, -0.15) is 0 Å². The molecule has 0 radical (unpaired) electrons. The van der Waals surface area contributed by atoms with Crippen LogP contribution in [-0.2, 0) is 4.74 Å². The lowest BCUT2D eigenvalue weighted by atomic mass is 9.88. The van der Waals surface area contributed by atoms with Crippen LogP contribution in [0.25, 0.3) is 10.6 Å². The summed E-state index contributed by atoms with van der Waals surface area (Å²) in [5.41, 5.74) is 1.63. The smallest absolute Gasteiger partial charge is 0.411 e. The second-order valence-corrected chi connectivity index (χ2v) is 9.77. The SMILES string of the molecule is O=C(Nc1cccc(-c2nc(Cl)cs2)c1)OCC1CCN(CC2CCCCC2)CC1. The summed E-state index contributed by atoms with van der Waals surface area (Å²) in [6.45, 7) is 4.01. The van der Waals surface area contributed by atoms with E-state index in [0.717, 1.165) is 42.4 Å². The predicted octanol–water partition coefficient (Wildman–Crippen LogP) is 6.30. The van der Waals surface area contributed by atoms with Crippen LogP contribution >= 0.6 is 22.9 Å². The maximum absolute atomic E-state index is 12.3. The van der Waals surface area contributed by atoms with Crippen LogP contribution in [0.4, 0.5) is 10.5 Å². The van der Waals surface area contributed by atoms with Gasteiger partial charge in [-0.05, 0) is 62.7 Å². The normalized spacial score (nSPS) is 19.0. The molecule has 5 nitrogen and oxygen atoms in total. The molecule has 2 heterocycles. The number of likely N-dealkylation sites (tertiary alicyclic amines) is 1. The first-order chi connectivity index (χ1) is 14.7. The van der Waals surface area contributed by atoms with E-state index in [1.807, 2.05) is 24.3 Å². The van der Waals surface area contributed by atoms with Gasteiger partial charge in [0.25, 0.3) is 0 Å². The minimum atomic E-state index is -0.394. The van der Waals surface area contributed by atoms with Crippen LogP contribution in [0.2, 0.25) is 5.15 Å². The fraction of sp³-hybridized carbons (Fsp3) is 0.565. The molecule has 1 aromatic heterocycles. The van der Waals surface area contributed by atoms with Crippen LogP contribution < -0.4 is 5.32 Å². The number of amides is 1. The van der Waals surface area contributed by atoms with Gasteiger partial charge in [0.05, 0.1) is 6.61 Å². The quantitative estimate of drug-likeness (QED) is 0.564. The second-order valence-electron chi connectivity index (χ2n) is 8.53. The van der Waals surface area contributed by atoms with Crippen molar-refractivity contribution in [1.29, 1.82) is 0 Å². The second kappa shape index (κ2) is 10.6. The third-order valence-corrected chi connectivity index (χ3v) is 7.44. The monoisotopic (exact) mass is 447 g/mol. The van der Waals surface area contributed by atoms with Crippen molar-refractivity contribution >= 4 is 34.7 Å². The molecule has 7 heteroatoms. The van der Waals surface area contributed by atoms with E-state index in [2.05, 4.69) is 15.2 Å². The van der Waals surface area contributed by atoms with Gasteiger partial charge in [-0.1, -0.05) is 43.0 Å². The average Bonchev–Trinajstić information content (AvgIpc) is 3.21. The summed E-state index contributed by atoms with van der Waals surface area (Å²) in [6, 6.07) is 7.58. The van der Waals surface area contributed by atoms with Crippen molar-refractivity contribution in [3.05, 3.63) is 34.8 Å². The van der Waals surface area contributed by atoms with Gasteiger partial charge in [0.1, 0.15) is 10.2 Å². The van der Waals surface area contributed by atoms with Crippen molar-refractivity contribution in [1.82, 2.24) is 9.88 Å². The lowest BCUT2D eigenvalue weighted by molar-refractivity contribution is 0.0948. The zero-order chi connectivity index (χ0) is 20.8. The van der Waals surface area contributed by atoms with Crippen LogP contribution in [0.3, 0.4) is 0 Å². The topological polar surface area (TPSA) is 54.5 Å². The molecule has 2 fully saturated rings. The Labute approximate surface area is 187 Å². The standard InChI is InChI=1S/C23H30ClN3O2S/c24-21-16-30-22(26-21)19-7-4-8-20(13-19)25-23(28)29-15-18-9-11-27(12-10-18)14-17-5-2-1-3-6-17/h4,7-8,13,16-18H,1-3,5-6,9-12,14-15H2,(H,25,28). The highest BCUT2D eigenvalue weighted by Crippen LogP contribution is 2.28. The summed E-state index contributed by atoms with van der Waals surface area (Å²) < 4.78 is 5.52. The zero-order valence-corrected chi connectivity index (χ0v) is 18.9. The Morgan fingerprint density at radius 2 is 1.97 bits per heavy atom. The highest BCUT2D eigenvalue weighted by molar-refractivity contribution is 7.13. The van der Waals surface area contributed by atoms with Crippen molar-refractivity contribution in [2.24, 2.45) is 11.8 Å². The van der Waals surface area contributed by atoms with Crippen LogP contribution in [0.5, 0.6) is 0 Å². The number of carbonyl (C=O) groups is 1. The van der Waals surface area contributed by atoms with Crippen molar-refractivity contribution in [2.75, 3.05) is 31.6 Å². The highest BCUT2D eigenvalue weighted by Gasteiger charge is 2.23. The summed E-state index contributed by atoms with van der Waals surface area (Å²) in [6.07, 6.45) is 8.87. The van der Waals surface area contributed by atoms with Gasteiger partial charge >= 0.3 is 6.09 Å². The number of anilines is 1. The number of hydrogen-bond acceptors (Lipinski definition) is 5. The molecular weight excluding hydrogens is 418 g/mol. The Kier molecular flexibility index (Phi) is 7.63. The van der Waals surface area contributed by atoms with Crippen molar-refractivity contribution in [3.8, 4) is 10.6 Å². The molecule has 1 aliphatic heterocycles. The molecule has 2 aliphatic rings. The first kappa shape index (κ1) is 21.6. The maximum atomic E-state index is 12.3. The van der Waals surface area contributed by atoms with Crippen LogP contribution in [0.15, 0.2) is 29.6 Å². The molecule has 1 saturated heterocycles. The van der Waals surface area contributed by atoms with E-state index in [-0.39, 0.29) is 0 Å². The number of halogens is 1. The number of benzene rings is 1. The predicted molar refractivity (Wildman–Crippen MR) is 123 cm³/mol. The minimum Gasteiger partial charge on any atom is -0.449 e. The third kappa shape index (κ3) is 6.19. The van der Waals surface area contributed by atoms with Crippen LogP contribution in [-0.4, -0.2) is 42.2 Å². The molecule has 30 heavy (non-hydrogen) atoms. The van der Waals surface area contributed by atoms with Gasteiger partial charge < -0.3 is 9.64 Å². The first-order valence-electron chi connectivity index (χ1n) is 11.0. The molecule has 1 N–H and O–H groups in total. The Hall–Kier alpha value is -1.63. The van der Waals surface area contributed by atoms with E-state index in [0.29, 0.717) is 23.4 Å². The van der Waals surface area contributed by atoms with Gasteiger partial charge in [0, 0.05) is 23.2 Å². The van der Waals surface area contributed by atoms with E-state index in [1.165, 1.54) is 50.0 Å². The fourth-order valence-electron chi connectivity index (χ4n) is 4.53. The Balaban J connectivity index is 1.18. The maximum Gasteiger partial charge on any atom is 0.411 e. The minimum absolute atomic E-state index is 0.394. The first-order valence-corrected chi connectivity index (χ1v) is 12.3. The van der Waals surface area contributed by atoms with Gasteiger partial charge in [-0.25, -0.2) is 9.78 Å². The number of thiazole rings is 1. The Morgan fingerprint density at radius 1 is 1.17 bits per heavy atom. The van der Waals surface area contributed by atoms with Crippen LogP contribution in [0.1, 0.15) is 44.9 Å². The molecule has 4 rings (SSSR count). The lowest BCUT2D eigenvalue weighted by Gasteiger charge is -2.35. The van der Waals surface area contributed by atoms with E-state index < -0.39 is 6.09 Å². The fourth-order valence-corrected chi connectivity index (χ4v) is 5.48. The summed E-state index contributed by atoms with van der Waals surface area (Å²) >= 11 is 7.39. The number of aromatic nitrogens is 1. The average molecular weight is 448 g/mol. The number of piperidine rings is 1. The molecular formula is C23H30ClN3O2S. The molecule has 1 aliphatic carbocycles. The van der Waals surface area contributed by atoms with Crippen molar-refractivity contribution < 1.29 is 9.53 Å². The van der Waals surface area contributed by atoms with E-state index in [1.54, 1.807) is 5.38 Å². The number of rotatable bonds is 6. The van der Waals surface area contributed by atoms with Gasteiger partial charge in [-0.15, -0.1) is 11.3 Å². The molecule has 1 aromatic carbocycles. The molecule has 2 aromatic rings. The van der Waals surface area contributed by atoms with Gasteiger partial charge in [-0.3, -0.25) is 5.32 Å². The number of hydrogen-bond donors (Lipinski definition) is 1. The Bertz CT molecular complexity index is 829. The molecule has 1 saturated carbocycles. The Morgan fingerprint density at radius 3 is 2.70 bits per heavy atom. The number of carbonyl (C=O) groups excluding carboxylic acids is 1. The zero-order valence-electron chi connectivity index (χ0n) is 17.3. The molecule has 0 spiro atoms. The lowest BCUT2D eigenvalue weighted by Crippen LogP contribution is -2.38. The molecule has 0 bridgehead atoms. The molecule has 162 valence electrons. The summed E-state index contributed by atoms with van der Waals surface area (Å²) in [7, 11) is 0. The summed E-state index contributed by atoms with van der Waals surface area (Å²) in [4.78, 5) is 19.1. The van der Waals surface area contributed by atoms with Gasteiger partial charge in [0.15, 0.2) is 0 Å². The van der Waals surface area contributed by atoms with Crippen molar-refractivity contribution in [2.45, 2.75) is 44.9 Å². The van der Waals surface area contributed by atoms with Crippen LogP contribution in [0, 0.1) is 11.8 Å². The van der Waals surface area contributed by atoms with Crippen molar-refractivity contribution in [3.63, 3.8) is 0 Å². The highest BCUT2D eigenvalue weighted by atomic mass is 35.5. The number of nitrogens with one attached hydrogen (secondary N) is 1. The molecule has 0 unspecified atom stereocenters. The molecule has 0 atom stereocenters. The summed E-state index contributed by atoms with van der Waals surface area (Å²) in [5, 5.41) is 5.95. The van der Waals surface area contributed by atoms with E-state index in [4.69, 9.17) is 16.3 Å². The largest absolute Gasteiger partial charge is 0.449 e. The van der Waals surface area contributed by atoms with Gasteiger partial charge in [0.2, 0.25) is 0 Å². The third-order valence-electron chi connectivity index (χ3n) is 6.23. The number of nitrogens with zero attached hydrogens (tertiary/aromatic N) is 2. The molecule has 1 amide bonds. The van der Waals surface area contributed by atoms with E-state index in [9.17, 15) is 4.79 Å². The van der Waals surface area contributed by atoms with E-state index >= 15 is 0 Å². The summed E-state index contributed by atoms with van der Waals surface area (Å²) in [5.74, 6) is 1.36. The number of ether oxygens (including phenoxy) is 1.